The monoisotopic (exact) mass is 415 g/mol. The lowest BCUT2D eigenvalue weighted by atomic mass is 10.0. The summed E-state index contributed by atoms with van der Waals surface area (Å²) in [5.41, 5.74) is 5.05. The van der Waals surface area contributed by atoms with Gasteiger partial charge in [-0.2, -0.15) is 5.10 Å². The molecule has 0 aliphatic carbocycles. The lowest BCUT2D eigenvalue weighted by molar-refractivity contribution is -0.133. The van der Waals surface area contributed by atoms with Gasteiger partial charge < -0.3 is 10.2 Å². The number of hydrogen-bond donors (Lipinski definition) is 1. The fraction of sp³-hybridized carbons (Fsp3) is 0.500. The molecule has 1 aliphatic rings. The average Bonchev–Trinajstić information content (AvgIpc) is 3.34. The predicted molar refractivity (Wildman–Crippen MR) is 119 cm³/mol. The first-order chi connectivity index (χ1) is 13.6. The molecule has 3 aromatic rings. The standard InChI is InChI=1S/C22H29N5O.ClH/c1-4-13-26(17-11-12-23-14-17)21(28)10-9-18-15(2)24-22-19-7-5-6-8-20(19)25-27(22)16(18)3;/h5-8,17,23H,4,9-14H2,1-3H3;1H. The molecular formula is C22H30ClN5O. The Hall–Kier alpha value is -2.18. The highest BCUT2D eigenvalue weighted by molar-refractivity contribution is 5.92. The Morgan fingerprint density at radius 3 is 2.83 bits per heavy atom. The first-order valence-corrected chi connectivity index (χ1v) is 10.3. The highest BCUT2D eigenvalue weighted by Gasteiger charge is 2.26. The van der Waals surface area contributed by atoms with Gasteiger partial charge in [-0.05, 0) is 57.4 Å². The van der Waals surface area contributed by atoms with E-state index >= 15 is 0 Å². The summed E-state index contributed by atoms with van der Waals surface area (Å²) in [6.45, 7) is 9.01. The third kappa shape index (κ3) is 4.09. The van der Waals surface area contributed by atoms with Crippen LogP contribution in [0.5, 0.6) is 0 Å². The Balaban J connectivity index is 0.00000240. The van der Waals surface area contributed by atoms with Crippen LogP contribution in [-0.2, 0) is 11.2 Å². The number of benzene rings is 1. The van der Waals surface area contributed by atoms with Crippen molar-refractivity contribution in [1.29, 1.82) is 0 Å². The highest BCUT2D eigenvalue weighted by Crippen LogP contribution is 2.23. The van der Waals surface area contributed by atoms with Gasteiger partial charge in [-0.25, -0.2) is 9.50 Å². The van der Waals surface area contributed by atoms with Gasteiger partial charge in [-0.3, -0.25) is 4.79 Å². The summed E-state index contributed by atoms with van der Waals surface area (Å²) in [5.74, 6) is 0.250. The second-order valence-corrected chi connectivity index (χ2v) is 7.75. The zero-order valence-corrected chi connectivity index (χ0v) is 18.3. The number of fused-ring (bicyclic) bond motifs is 3. The van der Waals surface area contributed by atoms with Crippen molar-refractivity contribution in [3.8, 4) is 0 Å². The molecule has 156 valence electrons. The molecular weight excluding hydrogens is 386 g/mol. The second-order valence-electron chi connectivity index (χ2n) is 7.75. The zero-order chi connectivity index (χ0) is 19.7. The lowest BCUT2D eigenvalue weighted by Crippen LogP contribution is -2.42. The van der Waals surface area contributed by atoms with Gasteiger partial charge in [-0.15, -0.1) is 12.4 Å². The van der Waals surface area contributed by atoms with E-state index in [0.717, 1.165) is 66.0 Å². The molecule has 2 aromatic heterocycles. The molecule has 0 spiro atoms. The van der Waals surface area contributed by atoms with Crippen molar-refractivity contribution < 1.29 is 4.79 Å². The number of hydrogen-bond acceptors (Lipinski definition) is 4. The quantitative estimate of drug-likeness (QED) is 0.669. The van der Waals surface area contributed by atoms with Crippen LogP contribution < -0.4 is 5.32 Å². The van der Waals surface area contributed by atoms with Crippen molar-refractivity contribution in [1.82, 2.24) is 24.8 Å². The first kappa shape index (κ1) is 21.5. The fourth-order valence-corrected chi connectivity index (χ4v) is 4.37. The maximum Gasteiger partial charge on any atom is 0.223 e. The summed E-state index contributed by atoms with van der Waals surface area (Å²) in [6.07, 6.45) is 3.27. The van der Waals surface area contributed by atoms with Gasteiger partial charge >= 0.3 is 0 Å². The normalized spacial score (nSPS) is 16.3. The van der Waals surface area contributed by atoms with Crippen LogP contribution in [0.15, 0.2) is 24.3 Å². The number of aromatic nitrogens is 3. The number of amides is 1. The number of nitrogens with one attached hydrogen (secondary N) is 1. The predicted octanol–water partition coefficient (Wildman–Crippen LogP) is 3.45. The van der Waals surface area contributed by atoms with E-state index in [2.05, 4.69) is 30.1 Å². The van der Waals surface area contributed by atoms with E-state index in [1.807, 2.05) is 29.6 Å². The summed E-state index contributed by atoms with van der Waals surface area (Å²) < 4.78 is 1.93. The van der Waals surface area contributed by atoms with Crippen molar-refractivity contribution in [2.75, 3.05) is 19.6 Å². The van der Waals surface area contributed by atoms with Crippen molar-refractivity contribution in [3.05, 3.63) is 41.2 Å². The molecule has 1 unspecified atom stereocenters. The minimum absolute atomic E-state index is 0. The average molecular weight is 416 g/mol. The molecule has 3 heterocycles. The largest absolute Gasteiger partial charge is 0.338 e. The molecule has 7 heteroatoms. The van der Waals surface area contributed by atoms with E-state index in [0.29, 0.717) is 18.9 Å². The molecule has 4 rings (SSSR count). The van der Waals surface area contributed by atoms with Crippen molar-refractivity contribution >= 4 is 34.9 Å². The van der Waals surface area contributed by atoms with E-state index in [4.69, 9.17) is 10.1 Å². The molecule has 1 fully saturated rings. The number of halogens is 1. The van der Waals surface area contributed by atoms with E-state index < -0.39 is 0 Å². The topological polar surface area (TPSA) is 62.5 Å². The van der Waals surface area contributed by atoms with E-state index in [9.17, 15) is 4.79 Å². The van der Waals surface area contributed by atoms with Gasteiger partial charge in [0.2, 0.25) is 5.91 Å². The summed E-state index contributed by atoms with van der Waals surface area (Å²) in [7, 11) is 0. The molecule has 29 heavy (non-hydrogen) atoms. The number of carbonyl (C=O) groups excluding carboxylic acids is 1. The van der Waals surface area contributed by atoms with Crippen molar-refractivity contribution in [2.45, 2.75) is 52.5 Å². The van der Waals surface area contributed by atoms with Crippen molar-refractivity contribution in [2.24, 2.45) is 0 Å². The first-order valence-electron chi connectivity index (χ1n) is 10.3. The summed E-state index contributed by atoms with van der Waals surface area (Å²) in [5, 5.41) is 9.17. The van der Waals surface area contributed by atoms with Crippen LogP contribution in [0.25, 0.3) is 16.6 Å². The van der Waals surface area contributed by atoms with Gasteiger partial charge in [0, 0.05) is 42.3 Å². The Kier molecular flexibility index (Phi) is 6.75. The molecule has 1 aliphatic heterocycles. The molecule has 1 atom stereocenters. The maximum absolute atomic E-state index is 13.0. The molecule has 1 amide bonds. The van der Waals surface area contributed by atoms with Gasteiger partial charge in [0.1, 0.15) is 0 Å². The number of carbonyl (C=O) groups is 1. The second kappa shape index (κ2) is 9.09. The van der Waals surface area contributed by atoms with Crippen LogP contribution in [0.4, 0.5) is 0 Å². The van der Waals surface area contributed by atoms with Crippen LogP contribution >= 0.6 is 12.4 Å². The van der Waals surface area contributed by atoms with E-state index in [1.165, 1.54) is 0 Å². The summed E-state index contributed by atoms with van der Waals surface area (Å²) in [4.78, 5) is 19.9. The molecule has 6 nitrogen and oxygen atoms in total. The molecule has 0 radical (unpaired) electrons. The number of aryl methyl sites for hydroxylation is 2. The van der Waals surface area contributed by atoms with E-state index in [-0.39, 0.29) is 18.3 Å². The fourth-order valence-electron chi connectivity index (χ4n) is 4.37. The Labute approximate surface area is 178 Å². The Morgan fingerprint density at radius 1 is 1.31 bits per heavy atom. The Bertz CT molecular complexity index is 1010. The zero-order valence-electron chi connectivity index (χ0n) is 17.4. The van der Waals surface area contributed by atoms with Gasteiger partial charge in [-0.1, -0.05) is 19.1 Å². The summed E-state index contributed by atoms with van der Waals surface area (Å²) >= 11 is 0. The minimum atomic E-state index is 0. The van der Waals surface area contributed by atoms with E-state index in [1.54, 1.807) is 0 Å². The Morgan fingerprint density at radius 2 is 2.10 bits per heavy atom. The number of rotatable bonds is 6. The molecule has 0 bridgehead atoms. The highest BCUT2D eigenvalue weighted by atomic mass is 35.5. The van der Waals surface area contributed by atoms with Gasteiger partial charge in [0.15, 0.2) is 5.65 Å². The van der Waals surface area contributed by atoms with Crippen LogP contribution in [0.2, 0.25) is 0 Å². The lowest BCUT2D eigenvalue weighted by Gasteiger charge is -2.28. The third-order valence-corrected chi connectivity index (χ3v) is 5.87. The molecule has 1 saturated heterocycles. The smallest absolute Gasteiger partial charge is 0.223 e. The van der Waals surface area contributed by atoms with Crippen molar-refractivity contribution in [3.63, 3.8) is 0 Å². The SMILES string of the molecule is CCCN(C(=O)CCc1c(C)nc2c3ccccc3nn2c1C)C1CCNC1.Cl. The maximum atomic E-state index is 13.0. The molecule has 1 N–H and O–H groups in total. The van der Waals surface area contributed by atoms with Gasteiger partial charge in [0.05, 0.1) is 5.52 Å². The van der Waals surface area contributed by atoms with Gasteiger partial charge in [0.25, 0.3) is 0 Å². The molecule has 0 saturated carbocycles. The molecule has 1 aromatic carbocycles. The van der Waals surface area contributed by atoms with Crippen LogP contribution in [0, 0.1) is 13.8 Å². The minimum Gasteiger partial charge on any atom is -0.338 e. The van der Waals surface area contributed by atoms with Crippen LogP contribution in [-0.4, -0.2) is 51.1 Å². The van der Waals surface area contributed by atoms with Crippen LogP contribution in [0.3, 0.4) is 0 Å². The third-order valence-electron chi connectivity index (χ3n) is 5.87. The van der Waals surface area contributed by atoms with Crippen LogP contribution in [0.1, 0.15) is 43.1 Å². The number of nitrogens with zero attached hydrogens (tertiary/aromatic N) is 4. The summed E-state index contributed by atoms with van der Waals surface area (Å²) in [6, 6.07) is 8.43.